The molecule has 1 amide bonds. The number of hydrogen-bond acceptors (Lipinski definition) is 4. The summed E-state index contributed by atoms with van der Waals surface area (Å²) in [6.45, 7) is 0.304. The molecule has 108 valence electrons. The highest BCUT2D eigenvalue weighted by atomic mass is 16.5. The van der Waals surface area contributed by atoms with E-state index in [1.54, 1.807) is 18.2 Å². The molecule has 3 aliphatic heterocycles. The molecule has 0 radical (unpaired) electrons. The number of hydrogen-bond donors (Lipinski definition) is 2. The Morgan fingerprint density at radius 1 is 1.33 bits per heavy atom. The molecule has 2 fully saturated rings. The van der Waals surface area contributed by atoms with E-state index in [2.05, 4.69) is 0 Å². The van der Waals surface area contributed by atoms with Crippen molar-refractivity contribution in [3.8, 4) is 5.75 Å². The summed E-state index contributed by atoms with van der Waals surface area (Å²) in [6.07, 6.45) is 3.04. The third kappa shape index (κ3) is 1.50. The summed E-state index contributed by atoms with van der Waals surface area (Å²) in [7, 11) is 0. The zero-order valence-electron chi connectivity index (χ0n) is 11.0. The summed E-state index contributed by atoms with van der Waals surface area (Å²) in [5, 5.41) is 18.7. The monoisotopic (exact) mass is 287 g/mol. The molecule has 3 aliphatic rings. The maximum Gasteiger partial charge on any atom is 0.310 e. The average Bonchev–Trinajstić information content (AvgIpc) is 3.08. The highest BCUT2D eigenvalue weighted by Crippen LogP contribution is 2.52. The standard InChI is InChI=1S/C15H13NO5/c17-9-3-1-8(2-4-9)16-7-15-6-5-10(21-15)11(14(19)20)12(15)13(16)18/h1-6,10-12,17H,7H2,(H,19,20). The number of aromatic hydroxyl groups is 1. The van der Waals surface area contributed by atoms with Gasteiger partial charge in [-0.3, -0.25) is 9.59 Å². The first-order chi connectivity index (χ1) is 10.0. The first-order valence-corrected chi connectivity index (χ1v) is 6.72. The van der Waals surface area contributed by atoms with Crippen LogP contribution in [0, 0.1) is 11.8 Å². The Balaban J connectivity index is 1.73. The van der Waals surface area contributed by atoms with Gasteiger partial charge in [-0.1, -0.05) is 12.2 Å². The van der Waals surface area contributed by atoms with Crippen LogP contribution >= 0.6 is 0 Å². The van der Waals surface area contributed by atoms with Gasteiger partial charge in [0, 0.05) is 5.69 Å². The molecule has 0 aromatic heterocycles. The molecular weight excluding hydrogens is 274 g/mol. The van der Waals surface area contributed by atoms with Gasteiger partial charge in [0.2, 0.25) is 5.91 Å². The predicted octanol–water partition coefficient (Wildman–Crippen LogP) is 0.763. The van der Waals surface area contributed by atoms with Crippen LogP contribution in [-0.2, 0) is 14.3 Å². The second-order valence-corrected chi connectivity index (χ2v) is 5.68. The molecule has 1 spiro atoms. The van der Waals surface area contributed by atoms with Gasteiger partial charge >= 0.3 is 5.97 Å². The predicted molar refractivity (Wildman–Crippen MR) is 71.8 cm³/mol. The first kappa shape index (κ1) is 12.4. The molecule has 2 saturated heterocycles. The molecule has 6 nitrogen and oxygen atoms in total. The summed E-state index contributed by atoms with van der Waals surface area (Å²) < 4.78 is 5.80. The maximum atomic E-state index is 12.7. The fourth-order valence-corrected chi connectivity index (χ4v) is 3.63. The van der Waals surface area contributed by atoms with Gasteiger partial charge in [-0.05, 0) is 24.3 Å². The maximum absolute atomic E-state index is 12.7. The van der Waals surface area contributed by atoms with Crippen LogP contribution < -0.4 is 4.90 Å². The fourth-order valence-electron chi connectivity index (χ4n) is 3.63. The second kappa shape index (κ2) is 3.85. The summed E-state index contributed by atoms with van der Waals surface area (Å²) in [6, 6.07) is 6.27. The largest absolute Gasteiger partial charge is 0.508 e. The molecule has 6 heteroatoms. The van der Waals surface area contributed by atoms with Gasteiger partial charge in [0.25, 0.3) is 0 Å². The van der Waals surface area contributed by atoms with Crippen LogP contribution in [0.5, 0.6) is 5.75 Å². The quantitative estimate of drug-likeness (QED) is 0.784. The SMILES string of the molecule is O=C(O)C1C2C=CC3(CN(c4ccc(O)cc4)C(=O)C13)O2. The number of carbonyl (C=O) groups excluding carboxylic acids is 1. The lowest BCUT2D eigenvalue weighted by Gasteiger charge is -2.21. The number of ether oxygens (including phenoxy) is 1. The highest BCUT2D eigenvalue weighted by Gasteiger charge is 2.67. The lowest BCUT2D eigenvalue weighted by atomic mass is 9.77. The number of fused-ring (bicyclic) bond motifs is 1. The molecule has 4 rings (SSSR count). The number of carboxylic acids is 1. The highest BCUT2D eigenvalue weighted by molar-refractivity contribution is 6.02. The number of amides is 1. The number of benzene rings is 1. The van der Waals surface area contributed by atoms with Gasteiger partial charge in [0.15, 0.2) is 0 Å². The van der Waals surface area contributed by atoms with Crippen LogP contribution in [0.1, 0.15) is 0 Å². The lowest BCUT2D eigenvalue weighted by Crippen LogP contribution is -2.39. The number of carboxylic acid groups (broad SMARTS) is 1. The second-order valence-electron chi connectivity index (χ2n) is 5.68. The van der Waals surface area contributed by atoms with Crippen molar-refractivity contribution in [1.29, 1.82) is 0 Å². The fraction of sp³-hybridized carbons (Fsp3) is 0.333. The van der Waals surface area contributed by atoms with Gasteiger partial charge in [-0.25, -0.2) is 0 Å². The number of anilines is 1. The van der Waals surface area contributed by atoms with Crippen molar-refractivity contribution in [3.63, 3.8) is 0 Å². The topological polar surface area (TPSA) is 87.1 Å². The van der Waals surface area contributed by atoms with E-state index in [-0.39, 0.29) is 11.7 Å². The number of carbonyl (C=O) groups is 2. The van der Waals surface area contributed by atoms with Gasteiger partial charge in [0.1, 0.15) is 17.3 Å². The molecule has 2 N–H and O–H groups in total. The zero-order valence-corrected chi connectivity index (χ0v) is 11.0. The van der Waals surface area contributed by atoms with Crippen LogP contribution in [0.15, 0.2) is 36.4 Å². The normalized spacial score (nSPS) is 36.3. The smallest absolute Gasteiger partial charge is 0.310 e. The Bertz CT molecular complexity index is 667. The Kier molecular flexibility index (Phi) is 2.28. The minimum atomic E-state index is -1.00. The van der Waals surface area contributed by atoms with E-state index in [4.69, 9.17) is 4.74 Å². The van der Waals surface area contributed by atoms with Crippen molar-refractivity contribution in [3.05, 3.63) is 36.4 Å². The molecule has 1 aromatic rings. The van der Waals surface area contributed by atoms with E-state index >= 15 is 0 Å². The molecule has 0 saturated carbocycles. The van der Waals surface area contributed by atoms with Gasteiger partial charge in [0.05, 0.1) is 18.6 Å². The van der Waals surface area contributed by atoms with Crippen LogP contribution in [-0.4, -0.2) is 40.3 Å². The van der Waals surface area contributed by atoms with Crippen molar-refractivity contribution in [2.24, 2.45) is 11.8 Å². The molecule has 3 heterocycles. The van der Waals surface area contributed by atoms with E-state index in [1.807, 2.05) is 6.08 Å². The zero-order chi connectivity index (χ0) is 14.8. The molecule has 21 heavy (non-hydrogen) atoms. The van der Waals surface area contributed by atoms with Crippen LogP contribution in [0.25, 0.3) is 0 Å². The van der Waals surface area contributed by atoms with E-state index in [9.17, 15) is 19.8 Å². The van der Waals surface area contributed by atoms with E-state index in [0.717, 1.165) is 0 Å². The summed E-state index contributed by atoms with van der Waals surface area (Å²) in [5.41, 5.74) is -0.200. The van der Waals surface area contributed by atoms with E-state index < -0.39 is 29.5 Å². The van der Waals surface area contributed by atoms with E-state index in [1.165, 1.54) is 17.0 Å². The Hall–Kier alpha value is -2.34. The molecule has 4 unspecified atom stereocenters. The van der Waals surface area contributed by atoms with Crippen molar-refractivity contribution in [1.82, 2.24) is 0 Å². The number of nitrogens with zero attached hydrogens (tertiary/aromatic N) is 1. The number of phenols is 1. The number of phenolic OH excluding ortho intramolecular Hbond substituents is 1. The van der Waals surface area contributed by atoms with Gasteiger partial charge in [-0.15, -0.1) is 0 Å². The first-order valence-electron chi connectivity index (χ1n) is 6.72. The number of aliphatic carboxylic acids is 1. The van der Waals surface area contributed by atoms with Gasteiger partial charge in [-0.2, -0.15) is 0 Å². The number of rotatable bonds is 2. The van der Waals surface area contributed by atoms with Crippen molar-refractivity contribution in [2.45, 2.75) is 11.7 Å². The molecule has 0 aliphatic carbocycles. The Labute approximate surface area is 120 Å². The molecule has 2 bridgehead atoms. The minimum Gasteiger partial charge on any atom is -0.508 e. The molecule has 1 aromatic carbocycles. The molecular formula is C15H13NO5. The summed E-state index contributed by atoms with van der Waals surface area (Å²) in [4.78, 5) is 25.6. The third-order valence-electron chi connectivity index (χ3n) is 4.55. The Morgan fingerprint density at radius 3 is 2.71 bits per heavy atom. The Morgan fingerprint density at radius 2 is 2.05 bits per heavy atom. The van der Waals surface area contributed by atoms with Crippen molar-refractivity contribution in [2.75, 3.05) is 11.4 Å². The molecule has 4 atom stereocenters. The van der Waals surface area contributed by atoms with Gasteiger partial charge < -0.3 is 19.8 Å². The van der Waals surface area contributed by atoms with Crippen molar-refractivity contribution >= 4 is 17.6 Å². The van der Waals surface area contributed by atoms with Crippen LogP contribution in [0.2, 0.25) is 0 Å². The summed E-state index contributed by atoms with van der Waals surface area (Å²) >= 11 is 0. The average molecular weight is 287 g/mol. The summed E-state index contributed by atoms with van der Waals surface area (Å²) in [5.74, 6) is -2.63. The minimum absolute atomic E-state index is 0.115. The van der Waals surface area contributed by atoms with Crippen LogP contribution in [0.3, 0.4) is 0 Å². The third-order valence-corrected chi connectivity index (χ3v) is 4.55. The van der Waals surface area contributed by atoms with Crippen LogP contribution in [0.4, 0.5) is 5.69 Å². The van der Waals surface area contributed by atoms with E-state index in [0.29, 0.717) is 12.2 Å². The van der Waals surface area contributed by atoms with Crippen molar-refractivity contribution < 1.29 is 24.5 Å². The lowest BCUT2D eigenvalue weighted by molar-refractivity contribution is -0.146.